The number of halogens is 1. The van der Waals surface area contributed by atoms with Gasteiger partial charge in [-0.1, -0.05) is 0 Å². The maximum atomic E-state index is 12.8. The van der Waals surface area contributed by atoms with Crippen molar-refractivity contribution in [2.75, 3.05) is 32.8 Å². The van der Waals surface area contributed by atoms with Crippen LogP contribution in [0.15, 0.2) is 24.3 Å². The first kappa shape index (κ1) is 14.1. The van der Waals surface area contributed by atoms with E-state index >= 15 is 0 Å². The molecule has 0 radical (unpaired) electrons. The molecule has 1 atom stereocenters. The fraction of sp³-hybridized carbons (Fsp3) is 0.500. The lowest BCUT2D eigenvalue weighted by Crippen LogP contribution is -2.44. The second kappa shape index (κ2) is 6.75. The third-order valence-corrected chi connectivity index (χ3v) is 3.25. The number of carbonyl (C=O) groups is 1. The van der Waals surface area contributed by atoms with Crippen LogP contribution < -0.4 is 0 Å². The van der Waals surface area contributed by atoms with E-state index in [2.05, 4.69) is 4.90 Å². The Hall–Kier alpha value is -1.30. The van der Waals surface area contributed by atoms with Gasteiger partial charge in [0.05, 0.1) is 19.3 Å². The number of hydrogen-bond donors (Lipinski definition) is 1. The van der Waals surface area contributed by atoms with Crippen molar-refractivity contribution in [2.45, 2.75) is 12.5 Å². The molecule has 1 aromatic rings. The monoisotopic (exact) mass is 267 g/mol. The van der Waals surface area contributed by atoms with Crippen LogP contribution in [0.1, 0.15) is 16.8 Å². The maximum absolute atomic E-state index is 12.8. The van der Waals surface area contributed by atoms with E-state index in [9.17, 15) is 9.18 Å². The number of ether oxygens (including phenoxy) is 1. The number of aliphatic hydroxyl groups is 1. The molecule has 5 heteroatoms. The van der Waals surface area contributed by atoms with E-state index in [-0.39, 0.29) is 24.3 Å². The van der Waals surface area contributed by atoms with Crippen LogP contribution in [0.4, 0.5) is 4.39 Å². The van der Waals surface area contributed by atoms with Gasteiger partial charge >= 0.3 is 0 Å². The Bertz CT molecular complexity index is 421. The molecular formula is C14H18FNO3. The summed E-state index contributed by atoms with van der Waals surface area (Å²) < 4.78 is 18.1. The molecule has 1 aliphatic rings. The van der Waals surface area contributed by atoms with Gasteiger partial charge in [0.2, 0.25) is 0 Å². The molecule has 0 aromatic heterocycles. The SMILES string of the molecule is O=C(CCN1CCOC(CO)C1)c1ccc(F)cc1. The van der Waals surface area contributed by atoms with Crippen LogP contribution in [0.5, 0.6) is 0 Å². The van der Waals surface area contributed by atoms with E-state index in [1.54, 1.807) is 0 Å². The van der Waals surface area contributed by atoms with E-state index < -0.39 is 0 Å². The van der Waals surface area contributed by atoms with Gasteiger partial charge in [-0.3, -0.25) is 9.69 Å². The van der Waals surface area contributed by atoms with Crippen LogP contribution >= 0.6 is 0 Å². The highest BCUT2D eigenvalue weighted by Crippen LogP contribution is 2.09. The number of benzene rings is 1. The van der Waals surface area contributed by atoms with E-state index in [1.165, 1.54) is 24.3 Å². The second-order valence-corrected chi connectivity index (χ2v) is 4.66. The highest BCUT2D eigenvalue weighted by atomic mass is 19.1. The number of aliphatic hydroxyl groups excluding tert-OH is 1. The van der Waals surface area contributed by atoms with Gasteiger partial charge in [-0.25, -0.2) is 4.39 Å². The van der Waals surface area contributed by atoms with Crippen LogP contribution in [-0.2, 0) is 4.74 Å². The average molecular weight is 267 g/mol. The molecule has 2 rings (SSSR count). The van der Waals surface area contributed by atoms with Gasteiger partial charge in [0.1, 0.15) is 5.82 Å². The summed E-state index contributed by atoms with van der Waals surface area (Å²) in [6.45, 7) is 2.63. The Kier molecular flexibility index (Phi) is 5.01. The lowest BCUT2D eigenvalue weighted by molar-refractivity contribution is -0.0523. The van der Waals surface area contributed by atoms with E-state index in [0.29, 0.717) is 31.7 Å². The summed E-state index contributed by atoms with van der Waals surface area (Å²) in [5, 5.41) is 9.04. The topological polar surface area (TPSA) is 49.8 Å². The second-order valence-electron chi connectivity index (χ2n) is 4.66. The van der Waals surface area contributed by atoms with E-state index in [0.717, 1.165) is 6.54 Å². The van der Waals surface area contributed by atoms with Gasteiger partial charge in [-0.15, -0.1) is 0 Å². The van der Waals surface area contributed by atoms with Gasteiger partial charge in [-0.05, 0) is 24.3 Å². The minimum absolute atomic E-state index is 0.00239. The lowest BCUT2D eigenvalue weighted by atomic mass is 10.1. The van der Waals surface area contributed by atoms with Crippen molar-refractivity contribution in [1.29, 1.82) is 0 Å². The van der Waals surface area contributed by atoms with Crippen molar-refractivity contribution >= 4 is 5.78 Å². The Balaban J connectivity index is 1.81. The minimum Gasteiger partial charge on any atom is -0.394 e. The summed E-state index contributed by atoms with van der Waals surface area (Å²) in [5.41, 5.74) is 0.536. The van der Waals surface area contributed by atoms with Crippen LogP contribution in [0.25, 0.3) is 0 Å². The molecule has 0 bridgehead atoms. The summed E-state index contributed by atoms with van der Waals surface area (Å²) in [6, 6.07) is 5.61. The number of carbonyl (C=O) groups excluding carboxylic acids is 1. The molecular weight excluding hydrogens is 249 g/mol. The van der Waals surface area contributed by atoms with E-state index in [4.69, 9.17) is 9.84 Å². The number of hydrogen-bond acceptors (Lipinski definition) is 4. The Morgan fingerprint density at radius 1 is 1.42 bits per heavy atom. The molecule has 1 unspecified atom stereocenters. The van der Waals surface area contributed by atoms with Gasteiger partial charge in [0, 0.05) is 31.6 Å². The molecule has 1 aliphatic heterocycles. The van der Waals surface area contributed by atoms with Crippen LogP contribution in [0.3, 0.4) is 0 Å². The average Bonchev–Trinajstić information content (AvgIpc) is 2.46. The Morgan fingerprint density at radius 3 is 2.84 bits per heavy atom. The van der Waals surface area contributed by atoms with Crippen LogP contribution in [0.2, 0.25) is 0 Å². The third-order valence-electron chi connectivity index (χ3n) is 3.25. The van der Waals surface area contributed by atoms with Gasteiger partial charge < -0.3 is 9.84 Å². The fourth-order valence-corrected chi connectivity index (χ4v) is 2.13. The van der Waals surface area contributed by atoms with Crippen molar-refractivity contribution < 1.29 is 19.0 Å². The summed E-state index contributed by atoms with van der Waals surface area (Å²) >= 11 is 0. The molecule has 0 aliphatic carbocycles. The first-order valence-corrected chi connectivity index (χ1v) is 6.42. The van der Waals surface area contributed by atoms with Crippen LogP contribution in [-0.4, -0.2) is 54.7 Å². The fourth-order valence-electron chi connectivity index (χ4n) is 2.13. The van der Waals surface area contributed by atoms with Crippen molar-refractivity contribution in [3.8, 4) is 0 Å². The lowest BCUT2D eigenvalue weighted by Gasteiger charge is -2.31. The molecule has 0 spiro atoms. The molecule has 0 amide bonds. The number of Topliss-reactive ketones (excluding diaryl/α,β-unsaturated/α-hetero) is 1. The van der Waals surface area contributed by atoms with Gasteiger partial charge in [0.25, 0.3) is 0 Å². The predicted molar refractivity (Wildman–Crippen MR) is 68.6 cm³/mol. The molecule has 1 N–H and O–H groups in total. The Labute approximate surface area is 111 Å². The summed E-state index contributed by atoms with van der Waals surface area (Å²) in [6.07, 6.45) is 0.235. The molecule has 19 heavy (non-hydrogen) atoms. The van der Waals surface area contributed by atoms with Crippen molar-refractivity contribution in [1.82, 2.24) is 4.90 Å². The largest absolute Gasteiger partial charge is 0.394 e. The summed E-state index contributed by atoms with van der Waals surface area (Å²) in [4.78, 5) is 14.0. The molecule has 1 fully saturated rings. The van der Waals surface area contributed by atoms with Crippen molar-refractivity contribution in [3.63, 3.8) is 0 Å². The number of morpholine rings is 1. The smallest absolute Gasteiger partial charge is 0.164 e. The Morgan fingerprint density at radius 2 is 2.16 bits per heavy atom. The molecule has 1 saturated heterocycles. The molecule has 0 saturated carbocycles. The zero-order chi connectivity index (χ0) is 13.7. The standard InChI is InChI=1S/C14H18FNO3/c15-12-3-1-11(2-4-12)14(18)5-6-16-7-8-19-13(9-16)10-17/h1-4,13,17H,5-10H2. The first-order chi connectivity index (χ1) is 9.19. The predicted octanol–water partition coefficient (Wildman–Crippen LogP) is 1.09. The molecule has 1 heterocycles. The first-order valence-electron chi connectivity index (χ1n) is 6.42. The summed E-state index contributed by atoms with van der Waals surface area (Å²) in [5.74, 6) is -0.331. The zero-order valence-electron chi connectivity index (χ0n) is 10.7. The van der Waals surface area contributed by atoms with Crippen LogP contribution in [0, 0.1) is 5.82 Å². The van der Waals surface area contributed by atoms with Crippen molar-refractivity contribution in [2.24, 2.45) is 0 Å². The number of rotatable bonds is 5. The minimum atomic E-state index is -0.337. The molecule has 4 nitrogen and oxygen atoms in total. The third kappa shape index (κ3) is 4.09. The van der Waals surface area contributed by atoms with Crippen molar-refractivity contribution in [3.05, 3.63) is 35.6 Å². The number of nitrogens with zero attached hydrogens (tertiary/aromatic N) is 1. The number of ketones is 1. The van der Waals surface area contributed by atoms with Gasteiger partial charge in [0.15, 0.2) is 5.78 Å². The maximum Gasteiger partial charge on any atom is 0.164 e. The summed E-state index contributed by atoms with van der Waals surface area (Å²) in [7, 11) is 0. The van der Waals surface area contributed by atoms with E-state index in [1.807, 2.05) is 0 Å². The zero-order valence-corrected chi connectivity index (χ0v) is 10.7. The molecule has 104 valence electrons. The van der Waals surface area contributed by atoms with Gasteiger partial charge in [-0.2, -0.15) is 0 Å². The highest BCUT2D eigenvalue weighted by Gasteiger charge is 2.20. The molecule has 1 aromatic carbocycles. The highest BCUT2D eigenvalue weighted by molar-refractivity contribution is 5.96. The normalized spacial score (nSPS) is 20.4. The quantitative estimate of drug-likeness (QED) is 0.811.